The summed E-state index contributed by atoms with van der Waals surface area (Å²) in [5.74, 6) is 0.687. The molecule has 0 aliphatic carbocycles. The Balaban J connectivity index is 2.20. The number of carbonyl (C=O) groups is 2. The van der Waals surface area contributed by atoms with E-state index in [1.807, 2.05) is 13.8 Å². The maximum absolute atomic E-state index is 12.5. The van der Waals surface area contributed by atoms with Gasteiger partial charge in [-0.15, -0.1) is 0 Å². The normalized spacial score (nSPS) is 10.7. The highest BCUT2D eigenvalue weighted by atomic mass is 35.5. The molecule has 1 amide bonds. The van der Waals surface area contributed by atoms with E-state index in [1.54, 1.807) is 43.5 Å². The number of ether oxygens (including phenoxy) is 1. The van der Waals surface area contributed by atoms with Crippen LogP contribution in [0.4, 0.5) is 5.69 Å². The molecule has 6 heteroatoms. The molecule has 0 radical (unpaired) electrons. The molecule has 0 aliphatic rings. The van der Waals surface area contributed by atoms with Gasteiger partial charge in [0.25, 0.3) is 5.91 Å². The van der Waals surface area contributed by atoms with Crippen LogP contribution in [0, 0.1) is 5.92 Å². The molecule has 0 saturated carbocycles. The molecule has 0 spiro atoms. The van der Waals surface area contributed by atoms with E-state index in [-0.39, 0.29) is 24.0 Å². The van der Waals surface area contributed by atoms with E-state index in [1.165, 1.54) is 0 Å². The van der Waals surface area contributed by atoms with Gasteiger partial charge in [0.05, 0.1) is 17.2 Å². The number of amides is 1. The van der Waals surface area contributed by atoms with Crippen LogP contribution in [0.5, 0.6) is 5.75 Å². The summed E-state index contributed by atoms with van der Waals surface area (Å²) in [6.07, 6.45) is 0.720. The van der Waals surface area contributed by atoms with Gasteiger partial charge in [0, 0.05) is 29.7 Å². The zero-order chi connectivity index (χ0) is 19.3. The minimum Gasteiger partial charge on any atom is -0.496 e. The lowest BCUT2D eigenvalue weighted by Crippen LogP contribution is -2.13. The average molecular weight is 394 g/mol. The number of ketones is 1. The third-order valence-corrected chi connectivity index (χ3v) is 4.48. The first kappa shape index (κ1) is 20.3. The van der Waals surface area contributed by atoms with Crippen molar-refractivity contribution in [3.05, 3.63) is 57.6 Å². The Hall–Kier alpha value is -2.04. The first-order valence-corrected chi connectivity index (χ1v) is 9.00. The van der Waals surface area contributed by atoms with Gasteiger partial charge >= 0.3 is 0 Å². The lowest BCUT2D eigenvalue weighted by atomic mass is 9.99. The Morgan fingerprint density at radius 3 is 2.42 bits per heavy atom. The topological polar surface area (TPSA) is 55.4 Å². The van der Waals surface area contributed by atoms with Crippen LogP contribution in [0.25, 0.3) is 0 Å². The van der Waals surface area contributed by atoms with Crippen molar-refractivity contribution in [2.45, 2.75) is 26.7 Å². The molecule has 0 atom stereocenters. The average Bonchev–Trinajstić information content (AvgIpc) is 2.57. The number of hydrogen-bond acceptors (Lipinski definition) is 3. The van der Waals surface area contributed by atoms with Gasteiger partial charge < -0.3 is 10.1 Å². The van der Waals surface area contributed by atoms with E-state index in [4.69, 9.17) is 27.9 Å². The monoisotopic (exact) mass is 393 g/mol. The Bertz CT molecular complexity index is 819. The lowest BCUT2D eigenvalue weighted by Gasteiger charge is -2.12. The molecule has 0 aliphatic heterocycles. The van der Waals surface area contributed by atoms with Crippen LogP contribution in [0.15, 0.2) is 36.4 Å². The second-order valence-electron chi connectivity index (χ2n) is 6.42. The summed E-state index contributed by atoms with van der Waals surface area (Å²) in [5, 5.41) is 3.55. The van der Waals surface area contributed by atoms with Gasteiger partial charge in [0.15, 0.2) is 0 Å². The van der Waals surface area contributed by atoms with Crippen molar-refractivity contribution < 1.29 is 14.3 Å². The van der Waals surface area contributed by atoms with Crippen molar-refractivity contribution in [1.82, 2.24) is 0 Å². The molecule has 0 aromatic heterocycles. The fraction of sp³-hybridized carbons (Fsp3) is 0.300. The molecule has 0 saturated heterocycles. The van der Waals surface area contributed by atoms with E-state index in [0.29, 0.717) is 39.0 Å². The van der Waals surface area contributed by atoms with E-state index in [2.05, 4.69) is 5.32 Å². The highest BCUT2D eigenvalue weighted by molar-refractivity contribution is 6.42. The number of rotatable bonds is 7. The quantitative estimate of drug-likeness (QED) is 0.683. The molecular weight excluding hydrogens is 373 g/mol. The molecule has 26 heavy (non-hydrogen) atoms. The number of anilines is 1. The fourth-order valence-corrected chi connectivity index (χ4v) is 2.87. The number of hydrogen-bond donors (Lipinski definition) is 1. The van der Waals surface area contributed by atoms with Crippen LogP contribution in [0.1, 0.15) is 36.2 Å². The van der Waals surface area contributed by atoms with Crippen molar-refractivity contribution in [1.29, 1.82) is 0 Å². The van der Waals surface area contributed by atoms with E-state index in [0.717, 1.165) is 0 Å². The van der Waals surface area contributed by atoms with Crippen LogP contribution < -0.4 is 10.1 Å². The molecule has 0 unspecified atom stereocenters. The van der Waals surface area contributed by atoms with Gasteiger partial charge in [0.2, 0.25) is 0 Å². The SMILES string of the molecule is COc1ccc(C(=O)Nc2ccc(Cl)c(Cl)c2)cc1CC(=O)CC(C)C. The molecule has 1 N–H and O–H groups in total. The molecule has 0 fully saturated rings. The molecular formula is C20H21Cl2NO3. The number of halogens is 2. The standard InChI is InChI=1S/C20H21Cl2NO3/c1-12(2)8-16(24)10-14-9-13(4-7-19(14)26-3)20(25)23-15-5-6-17(21)18(22)11-15/h4-7,9,11-12H,8,10H2,1-3H3,(H,23,25). The van der Waals surface area contributed by atoms with Crippen molar-refractivity contribution in [2.24, 2.45) is 5.92 Å². The number of benzene rings is 2. The third kappa shape index (κ3) is 5.48. The second-order valence-corrected chi connectivity index (χ2v) is 7.24. The number of Topliss-reactive ketones (excluding diaryl/α,β-unsaturated/α-hetero) is 1. The van der Waals surface area contributed by atoms with Crippen LogP contribution in [-0.4, -0.2) is 18.8 Å². The Morgan fingerprint density at radius 2 is 1.81 bits per heavy atom. The summed E-state index contributed by atoms with van der Waals surface area (Å²) in [7, 11) is 1.54. The molecule has 4 nitrogen and oxygen atoms in total. The van der Waals surface area contributed by atoms with E-state index >= 15 is 0 Å². The molecule has 2 aromatic carbocycles. The van der Waals surface area contributed by atoms with Crippen LogP contribution in [0.2, 0.25) is 10.0 Å². The summed E-state index contributed by atoms with van der Waals surface area (Å²) in [4.78, 5) is 24.7. The summed E-state index contributed by atoms with van der Waals surface area (Å²) in [6.45, 7) is 3.99. The van der Waals surface area contributed by atoms with Gasteiger partial charge in [-0.3, -0.25) is 9.59 Å². The van der Waals surface area contributed by atoms with Crippen molar-refractivity contribution >= 4 is 40.6 Å². The maximum atomic E-state index is 12.5. The first-order chi connectivity index (χ1) is 12.3. The largest absolute Gasteiger partial charge is 0.496 e. The fourth-order valence-electron chi connectivity index (χ4n) is 2.58. The minimum atomic E-state index is -0.302. The zero-order valence-corrected chi connectivity index (χ0v) is 16.4. The Morgan fingerprint density at radius 1 is 1.08 bits per heavy atom. The van der Waals surface area contributed by atoms with Gasteiger partial charge in [-0.2, -0.15) is 0 Å². The summed E-state index contributed by atoms with van der Waals surface area (Å²) >= 11 is 11.9. The zero-order valence-electron chi connectivity index (χ0n) is 14.9. The van der Waals surface area contributed by atoms with Crippen LogP contribution in [0.3, 0.4) is 0 Å². The van der Waals surface area contributed by atoms with Gasteiger partial charge in [-0.1, -0.05) is 37.0 Å². The van der Waals surface area contributed by atoms with Crippen molar-refractivity contribution in [3.8, 4) is 5.75 Å². The predicted octanol–water partition coefficient (Wildman–Crippen LogP) is 5.41. The highest BCUT2D eigenvalue weighted by Gasteiger charge is 2.14. The van der Waals surface area contributed by atoms with E-state index < -0.39 is 0 Å². The van der Waals surface area contributed by atoms with Gasteiger partial charge in [-0.05, 0) is 42.3 Å². The lowest BCUT2D eigenvalue weighted by molar-refractivity contribution is -0.119. The van der Waals surface area contributed by atoms with Gasteiger partial charge in [0.1, 0.15) is 11.5 Å². The molecule has 2 aromatic rings. The first-order valence-electron chi connectivity index (χ1n) is 8.25. The molecule has 0 bridgehead atoms. The molecule has 2 rings (SSSR count). The van der Waals surface area contributed by atoms with Crippen LogP contribution >= 0.6 is 23.2 Å². The van der Waals surface area contributed by atoms with Crippen molar-refractivity contribution in [3.63, 3.8) is 0 Å². The smallest absolute Gasteiger partial charge is 0.255 e. The summed E-state index contributed by atoms with van der Waals surface area (Å²) in [6, 6.07) is 9.90. The highest BCUT2D eigenvalue weighted by Crippen LogP contribution is 2.26. The number of methoxy groups -OCH3 is 1. The maximum Gasteiger partial charge on any atom is 0.255 e. The Labute approximate surface area is 163 Å². The Kier molecular flexibility index (Phi) is 7.06. The summed E-state index contributed by atoms with van der Waals surface area (Å²) < 4.78 is 5.32. The summed E-state index contributed by atoms with van der Waals surface area (Å²) in [5.41, 5.74) is 1.67. The molecule has 138 valence electrons. The minimum absolute atomic E-state index is 0.111. The molecule has 0 heterocycles. The van der Waals surface area contributed by atoms with Crippen molar-refractivity contribution in [2.75, 3.05) is 12.4 Å². The third-order valence-electron chi connectivity index (χ3n) is 3.74. The van der Waals surface area contributed by atoms with Gasteiger partial charge in [-0.25, -0.2) is 0 Å². The van der Waals surface area contributed by atoms with Crippen LogP contribution in [-0.2, 0) is 11.2 Å². The van der Waals surface area contributed by atoms with E-state index in [9.17, 15) is 9.59 Å². The second kappa shape index (κ2) is 9.06. The predicted molar refractivity (Wildman–Crippen MR) is 106 cm³/mol. The number of nitrogens with one attached hydrogen (secondary N) is 1. The number of carbonyl (C=O) groups excluding carboxylic acids is 2.